The third-order valence-corrected chi connectivity index (χ3v) is 2.18. The molecule has 0 saturated heterocycles. The number of halogens is 1. The Morgan fingerprint density at radius 3 is 2.37 bits per heavy atom. The smallest absolute Gasteiger partial charge is 0.340 e. The van der Waals surface area contributed by atoms with Crippen molar-refractivity contribution in [3.05, 3.63) is 30.1 Å². The number of fused-ring (bicyclic) bond motifs is 1. The number of aromatic carboxylic acids is 1. The van der Waals surface area contributed by atoms with Gasteiger partial charge >= 0.3 is 11.9 Å². The van der Waals surface area contributed by atoms with Gasteiger partial charge in [-0.2, -0.15) is 0 Å². The number of hydrogen-bond donors (Lipinski definition) is 3. The number of carboxylic acids is 2. The van der Waals surface area contributed by atoms with E-state index in [1.807, 2.05) is 0 Å². The molecule has 0 unspecified atom stereocenters. The van der Waals surface area contributed by atoms with Crippen LogP contribution < -0.4 is 0 Å². The van der Waals surface area contributed by atoms with E-state index in [-0.39, 0.29) is 5.56 Å². The molecule has 2 aromatic rings. The van der Waals surface area contributed by atoms with Crippen LogP contribution in [0.5, 0.6) is 0 Å². The number of imidazole rings is 1. The van der Waals surface area contributed by atoms with E-state index in [1.54, 1.807) is 12.1 Å². The predicted octanol–water partition coefficient (Wildman–Crippen LogP) is 2.08. The SMILES string of the molecule is CC(C)(F)C(=O)O.O=C(O)c1ccc2nc[nH]c2c1. The number of hydrogen-bond acceptors (Lipinski definition) is 3. The summed E-state index contributed by atoms with van der Waals surface area (Å²) >= 11 is 0. The number of aromatic amines is 1. The van der Waals surface area contributed by atoms with E-state index >= 15 is 0 Å². The van der Waals surface area contributed by atoms with Crippen LogP contribution in [0.2, 0.25) is 0 Å². The normalized spacial score (nSPS) is 10.7. The Balaban J connectivity index is 0.000000224. The lowest BCUT2D eigenvalue weighted by Crippen LogP contribution is -2.24. The molecule has 19 heavy (non-hydrogen) atoms. The van der Waals surface area contributed by atoms with E-state index < -0.39 is 17.6 Å². The Bertz CT molecular complexity index is 601. The van der Waals surface area contributed by atoms with Gasteiger partial charge in [-0.25, -0.2) is 19.0 Å². The molecule has 0 spiro atoms. The second kappa shape index (κ2) is 5.47. The average Bonchev–Trinajstić information content (AvgIpc) is 2.74. The van der Waals surface area contributed by atoms with Crippen LogP contribution in [0.4, 0.5) is 4.39 Å². The molecule has 0 amide bonds. The molecule has 0 radical (unpaired) electrons. The van der Waals surface area contributed by atoms with E-state index in [0.717, 1.165) is 24.9 Å². The van der Waals surface area contributed by atoms with Gasteiger partial charge in [0.05, 0.1) is 22.9 Å². The van der Waals surface area contributed by atoms with Crippen LogP contribution in [0.3, 0.4) is 0 Å². The lowest BCUT2D eigenvalue weighted by molar-refractivity contribution is -0.148. The van der Waals surface area contributed by atoms with Crippen molar-refractivity contribution in [3.8, 4) is 0 Å². The van der Waals surface area contributed by atoms with E-state index in [0.29, 0.717) is 0 Å². The van der Waals surface area contributed by atoms with Gasteiger partial charge in [0.1, 0.15) is 0 Å². The molecule has 1 heterocycles. The van der Waals surface area contributed by atoms with Crippen LogP contribution >= 0.6 is 0 Å². The summed E-state index contributed by atoms with van der Waals surface area (Å²) in [5.74, 6) is -2.35. The summed E-state index contributed by atoms with van der Waals surface area (Å²) in [6.45, 7) is 1.99. The second-order valence-corrected chi connectivity index (χ2v) is 4.22. The molecule has 0 aliphatic heterocycles. The number of benzene rings is 1. The minimum absolute atomic E-state index is 0.270. The van der Waals surface area contributed by atoms with Crippen molar-refractivity contribution in [2.45, 2.75) is 19.5 Å². The first-order chi connectivity index (χ1) is 8.71. The molecule has 2 rings (SSSR count). The lowest BCUT2D eigenvalue weighted by atomic mass is 10.2. The molecular weight excluding hydrogens is 255 g/mol. The molecule has 0 aliphatic rings. The maximum atomic E-state index is 11.9. The van der Waals surface area contributed by atoms with Gasteiger partial charge in [-0.3, -0.25) is 0 Å². The van der Waals surface area contributed by atoms with Crippen molar-refractivity contribution in [1.29, 1.82) is 0 Å². The number of nitrogens with zero attached hydrogens (tertiary/aromatic N) is 1. The lowest BCUT2D eigenvalue weighted by Gasteiger charge is -2.03. The van der Waals surface area contributed by atoms with Crippen LogP contribution in [0, 0.1) is 0 Å². The number of aliphatic carboxylic acids is 1. The Labute approximate surface area is 107 Å². The molecule has 1 aromatic heterocycles. The summed E-state index contributed by atoms with van der Waals surface area (Å²) in [7, 11) is 0. The summed E-state index contributed by atoms with van der Waals surface area (Å²) in [5, 5.41) is 16.5. The molecule has 0 saturated carbocycles. The molecule has 0 aliphatic carbocycles. The molecule has 3 N–H and O–H groups in total. The van der Waals surface area contributed by atoms with Crippen LogP contribution in [0.25, 0.3) is 11.0 Å². The van der Waals surface area contributed by atoms with E-state index in [4.69, 9.17) is 10.2 Å². The highest BCUT2D eigenvalue weighted by molar-refractivity contribution is 5.92. The Morgan fingerprint density at radius 1 is 1.32 bits per heavy atom. The monoisotopic (exact) mass is 268 g/mol. The quantitative estimate of drug-likeness (QED) is 0.773. The molecule has 0 fully saturated rings. The first-order valence-corrected chi connectivity index (χ1v) is 5.30. The summed E-state index contributed by atoms with van der Waals surface area (Å²) in [6.07, 6.45) is 1.54. The zero-order valence-corrected chi connectivity index (χ0v) is 10.3. The van der Waals surface area contributed by atoms with E-state index in [9.17, 15) is 14.0 Å². The first kappa shape index (κ1) is 14.6. The number of H-pyrrole nitrogens is 1. The highest BCUT2D eigenvalue weighted by Gasteiger charge is 2.24. The largest absolute Gasteiger partial charge is 0.479 e. The van der Waals surface area contributed by atoms with Gasteiger partial charge in [-0.15, -0.1) is 0 Å². The Morgan fingerprint density at radius 2 is 1.89 bits per heavy atom. The second-order valence-electron chi connectivity index (χ2n) is 4.22. The number of rotatable bonds is 2. The molecule has 0 atom stereocenters. The van der Waals surface area contributed by atoms with Gasteiger partial charge < -0.3 is 15.2 Å². The number of alkyl halides is 1. The number of carbonyl (C=O) groups is 2. The van der Waals surface area contributed by atoms with Gasteiger partial charge in [-0.05, 0) is 32.0 Å². The zero-order chi connectivity index (χ0) is 14.6. The number of nitrogens with one attached hydrogen (secondary N) is 1. The number of aromatic nitrogens is 2. The summed E-state index contributed by atoms with van der Waals surface area (Å²) < 4.78 is 11.9. The van der Waals surface area contributed by atoms with Crippen molar-refractivity contribution < 1.29 is 24.2 Å². The Kier molecular flexibility index (Phi) is 4.21. The standard InChI is InChI=1S/C8H6N2O2.C4H7FO2/c11-8(12)5-1-2-6-7(3-5)10-4-9-6;1-4(2,5)3(6)7/h1-4H,(H,9,10)(H,11,12);1-2H3,(H,6,7). The van der Waals surface area contributed by atoms with Crippen LogP contribution in [-0.2, 0) is 4.79 Å². The van der Waals surface area contributed by atoms with Gasteiger partial charge in [0.15, 0.2) is 0 Å². The first-order valence-electron chi connectivity index (χ1n) is 5.30. The minimum atomic E-state index is -2.08. The topological polar surface area (TPSA) is 103 Å². The van der Waals surface area contributed by atoms with Crippen LogP contribution in [-0.4, -0.2) is 37.8 Å². The molecule has 1 aromatic carbocycles. The fourth-order valence-electron chi connectivity index (χ4n) is 1.07. The molecule has 7 heteroatoms. The predicted molar refractivity (Wildman–Crippen MR) is 65.9 cm³/mol. The fraction of sp³-hybridized carbons (Fsp3) is 0.250. The maximum Gasteiger partial charge on any atom is 0.340 e. The summed E-state index contributed by atoms with van der Waals surface area (Å²) in [5.41, 5.74) is -0.290. The van der Waals surface area contributed by atoms with Crippen molar-refractivity contribution in [2.24, 2.45) is 0 Å². The van der Waals surface area contributed by atoms with E-state index in [2.05, 4.69) is 9.97 Å². The minimum Gasteiger partial charge on any atom is -0.479 e. The van der Waals surface area contributed by atoms with Crippen LogP contribution in [0.15, 0.2) is 24.5 Å². The van der Waals surface area contributed by atoms with Crippen LogP contribution in [0.1, 0.15) is 24.2 Å². The summed E-state index contributed by atoms with van der Waals surface area (Å²) in [6, 6.07) is 4.77. The van der Waals surface area contributed by atoms with Gasteiger partial charge in [0, 0.05) is 0 Å². The fourth-order valence-corrected chi connectivity index (χ4v) is 1.07. The molecular formula is C12H13FN2O4. The zero-order valence-electron chi connectivity index (χ0n) is 10.3. The molecule has 6 nitrogen and oxygen atoms in total. The van der Waals surface area contributed by atoms with Crippen molar-refractivity contribution in [2.75, 3.05) is 0 Å². The maximum absolute atomic E-state index is 11.9. The summed E-state index contributed by atoms with van der Waals surface area (Å²) in [4.78, 5) is 27.0. The van der Waals surface area contributed by atoms with E-state index in [1.165, 1.54) is 12.4 Å². The highest BCUT2D eigenvalue weighted by Crippen LogP contribution is 2.11. The molecule has 102 valence electrons. The average molecular weight is 268 g/mol. The number of carboxylic acid groups (broad SMARTS) is 2. The van der Waals surface area contributed by atoms with Crippen molar-refractivity contribution >= 4 is 23.0 Å². The van der Waals surface area contributed by atoms with Gasteiger partial charge in [0.2, 0.25) is 5.67 Å². The highest BCUT2D eigenvalue weighted by atomic mass is 19.1. The van der Waals surface area contributed by atoms with Gasteiger partial charge in [0.25, 0.3) is 0 Å². The van der Waals surface area contributed by atoms with Gasteiger partial charge in [-0.1, -0.05) is 0 Å². The van der Waals surface area contributed by atoms with Crippen molar-refractivity contribution in [1.82, 2.24) is 9.97 Å². The third kappa shape index (κ3) is 4.06. The Hall–Kier alpha value is -2.44. The third-order valence-electron chi connectivity index (χ3n) is 2.18. The molecule has 0 bridgehead atoms. The van der Waals surface area contributed by atoms with Crippen molar-refractivity contribution in [3.63, 3.8) is 0 Å².